The van der Waals surface area contributed by atoms with Crippen molar-refractivity contribution in [1.82, 2.24) is 10.6 Å². The smallest absolute Gasteiger partial charge is 0.221 e. The molecule has 0 aliphatic heterocycles. The molecule has 0 radical (unpaired) electrons. The summed E-state index contributed by atoms with van der Waals surface area (Å²) >= 11 is 5.99. The second-order valence-corrected chi connectivity index (χ2v) is 6.05. The van der Waals surface area contributed by atoms with E-state index in [1.807, 2.05) is 48.5 Å². The predicted octanol–water partition coefficient (Wildman–Crippen LogP) is 3.21. The summed E-state index contributed by atoms with van der Waals surface area (Å²) in [6.07, 6.45) is 0.859. The summed E-state index contributed by atoms with van der Waals surface area (Å²) in [6, 6.07) is 15.6. The van der Waals surface area contributed by atoms with Gasteiger partial charge in [0.2, 0.25) is 5.91 Å². The molecule has 6 heteroatoms. The van der Waals surface area contributed by atoms with Crippen molar-refractivity contribution < 1.29 is 4.79 Å². The van der Waals surface area contributed by atoms with Crippen molar-refractivity contribution in [1.29, 1.82) is 0 Å². The summed E-state index contributed by atoms with van der Waals surface area (Å²) in [5, 5.41) is 10.0. The fourth-order valence-electron chi connectivity index (χ4n) is 2.34. The number of carbonyl (C=O) groups excluding carboxylic acids is 1. The lowest BCUT2D eigenvalue weighted by Crippen LogP contribution is -2.37. The molecule has 0 atom stereocenters. The van der Waals surface area contributed by atoms with Crippen LogP contribution in [0.5, 0.6) is 0 Å². The molecule has 25 heavy (non-hydrogen) atoms. The zero-order valence-corrected chi connectivity index (χ0v) is 15.2. The SMILES string of the molecule is CN=C(NCCc1ccc(NC(C)=O)cc1)NCc1cccc(Cl)c1. The lowest BCUT2D eigenvalue weighted by atomic mass is 10.1. The van der Waals surface area contributed by atoms with E-state index >= 15 is 0 Å². The molecular formula is C19H23ClN4O. The van der Waals surface area contributed by atoms with Crippen LogP contribution in [0.2, 0.25) is 5.02 Å². The Bertz CT molecular complexity index is 728. The van der Waals surface area contributed by atoms with E-state index in [0.29, 0.717) is 6.54 Å². The number of hydrogen-bond donors (Lipinski definition) is 3. The third-order valence-corrected chi connectivity index (χ3v) is 3.79. The van der Waals surface area contributed by atoms with Crippen LogP contribution in [-0.2, 0) is 17.8 Å². The molecule has 0 unspecified atom stereocenters. The number of aliphatic imine (C=N–C) groups is 1. The summed E-state index contributed by atoms with van der Waals surface area (Å²) < 4.78 is 0. The molecule has 2 aromatic rings. The first-order valence-electron chi connectivity index (χ1n) is 8.12. The van der Waals surface area contributed by atoms with E-state index in [4.69, 9.17) is 11.6 Å². The number of carbonyl (C=O) groups is 1. The predicted molar refractivity (Wildman–Crippen MR) is 104 cm³/mol. The summed E-state index contributed by atoms with van der Waals surface area (Å²) in [5.41, 5.74) is 3.10. The van der Waals surface area contributed by atoms with E-state index in [2.05, 4.69) is 20.9 Å². The fourth-order valence-corrected chi connectivity index (χ4v) is 2.55. The number of halogens is 1. The highest BCUT2D eigenvalue weighted by Gasteiger charge is 2.00. The molecule has 132 valence electrons. The molecule has 5 nitrogen and oxygen atoms in total. The maximum atomic E-state index is 11.0. The summed E-state index contributed by atoms with van der Waals surface area (Å²) in [4.78, 5) is 15.2. The Morgan fingerprint density at radius 2 is 1.84 bits per heavy atom. The van der Waals surface area contributed by atoms with Crippen LogP contribution >= 0.6 is 11.6 Å². The van der Waals surface area contributed by atoms with Gasteiger partial charge in [-0.2, -0.15) is 0 Å². The minimum absolute atomic E-state index is 0.0657. The van der Waals surface area contributed by atoms with Gasteiger partial charge in [0.25, 0.3) is 0 Å². The third kappa shape index (κ3) is 6.85. The second kappa shape index (κ2) is 9.69. The molecule has 0 spiro atoms. The van der Waals surface area contributed by atoms with E-state index in [1.54, 1.807) is 7.05 Å². The van der Waals surface area contributed by atoms with Gasteiger partial charge in [0, 0.05) is 37.8 Å². The molecule has 0 aliphatic carbocycles. The van der Waals surface area contributed by atoms with Gasteiger partial charge >= 0.3 is 0 Å². The highest BCUT2D eigenvalue weighted by atomic mass is 35.5. The molecule has 0 aromatic heterocycles. The van der Waals surface area contributed by atoms with Crippen molar-refractivity contribution >= 4 is 29.2 Å². The Kier molecular flexibility index (Phi) is 7.29. The van der Waals surface area contributed by atoms with E-state index < -0.39 is 0 Å². The average molecular weight is 359 g/mol. The summed E-state index contributed by atoms with van der Waals surface area (Å²) in [6.45, 7) is 2.92. The molecule has 0 saturated carbocycles. The first-order chi connectivity index (χ1) is 12.1. The molecule has 3 N–H and O–H groups in total. The lowest BCUT2D eigenvalue weighted by molar-refractivity contribution is -0.114. The van der Waals surface area contributed by atoms with Crippen molar-refractivity contribution in [3.63, 3.8) is 0 Å². The van der Waals surface area contributed by atoms with E-state index in [9.17, 15) is 4.79 Å². The quantitative estimate of drug-likeness (QED) is 0.548. The number of benzene rings is 2. The van der Waals surface area contributed by atoms with Crippen LogP contribution in [0, 0.1) is 0 Å². The molecule has 0 saturated heterocycles. The number of anilines is 1. The van der Waals surface area contributed by atoms with Gasteiger partial charge < -0.3 is 16.0 Å². The summed E-state index contributed by atoms with van der Waals surface area (Å²) in [5.74, 6) is 0.679. The minimum atomic E-state index is -0.0657. The maximum absolute atomic E-state index is 11.0. The van der Waals surface area contributed by atoms with Gasteiger partial charge in [0.15, 0.2) is 5.96 Å². The number of amides is 1. The Morgan fingerprint density at radius 1 is 1.08 bits per heavy atom. The second-order valence-electron chi connectivity index (χ2n) is 5.61. The zero-order chi connectivity index (χ0) is 18.1. The first-order valence-corrected chi connectivity index (χ1v) is 8.50. The van der Waals surface area contributed by atoms with Gasteiger partial charge in [-0.1, -0.05) is 35.9 Å². The van der Waals surface area contributed by atoms with E-state index in [0.717, 1.165) is 35.2 Å². The van der Waals surface area contributed by atoms with Gasteiger partial charge in [-0.25, -0.2) is 0 Å². The van der Waals surface area contributed by atoms with Crippen LogP contribution in [0.4, 0.5) is 5.69 Å². The molecule has 0 bridgehead atoms. The van der Waals surface area contributed by atoms with Crippen LogP contribution < -0.4 is 16.0 Å². The first kappa shape index (κ1) is 18.8. The molecule has 2 rings (SSSR count). The van der Waals surface area contributed by atoms with Crippen molar-refractivity contribution in [3.05, 3.63) is 64.7 Å². The summed E-state index contributed by atoms with van der Waals surface area (Å²) in [7, 11) is 1.75. The third-order valence-electron chi connectivity index (χ3n) is 3.55. The number of nitrogens with one attached hydrogen (secondary N) is 3. The van der Waals surface area contributed by atoms with E-state index in [1.165, 1.54) is 12.5 Å². The molecule has 1 amide bonds. The van der Waals surface area contributed by atoms with Crippen LogP contribution in [0.1, 0.15) is 18.1 Å². The number of rotatable bonds is 6. The van der Waals surface area contributed by atoms with Crippen molar-refractivity contribution in [2.24, 2.45) is 4.99 Å². The molecule has 0 aliphatic rings. The van der Waals surface area contributed by atoms with Gasteiger partial charge in [0.1, 0.15) is 0 Å². The van der Waals surface area contributed by atoms with Gasteiger partial charge in [-0.05, 0) is 41.8 Å². The van der Waals surface area contributed by atoms with Gasteiger partial charge in [-0.15, -0.1) is 0 Å². The van der Waals surface area contributed by atoms with Crippen molar-refractivity contribution in [2.45, 2.75) is 19.9 Å². The zero-order valence-electron chi connectivity index (χ0n) is 14.5. The van der Waals surface area contributed by atoms with E-state index in [-0.39, 0.29) is 5.91 Å². The van der Waals surface area contributed by atoms with Crippen LogP contribution in [0.15, 0.2) is 53.5 Å². The molecule has 2 aromatic carbocycles. The number of guanidine groups is 1. The standard InChI is InChI=1S/C19H23ClN4O/c1-14(25)24-18-8-6-15(7-9-18)10-11-22-19(21-2)23-13-16-4-3-5-17(20)12-16/h3-9,12H,10-11,13H2,1-2H3,(H,24,25)(H2,21,22,23). The fraction of sp³-hybridized carbons (Fsp3) is 0.263. The van der Waals surface area contributed by atoms with Crippen molar-refractivity contribution in [3.8, 4) is 0 Å². The number of hydrogen-bond acceptors (Lipinski definition) is 2. The topological polar surface area (TPSA) is 65.5 Å². The molecule has 0 fully saturated rings. The highest BCUT2D eigenvalue weighted by Crippen LogP contribution is 2.11. The normalized spacial score (nSPS) is 11.1. The van der Waals surface area contributed by atoms with Crippen LogP contribution in [0.25, 0.3) is 0 Å². The Morgan fingerprint density at radius 3 is 2.48 bits per heavy atom. The largest absolute Gasteiger partial charge is 0.356 e. The minimum Gasteiger partial charge on any atom is -0.356 e. The monoisotopic (exact) mass is 358 g/mol. The van der Waals surface area contributed by atoms with Gasteiger partial charge in [-0.3, -0.25) is 9.79 Å². The maximum Gasteiger partial charge on any atom is 0.221 e. The Hall–Kier alpha value is -2.53. The van der Waals surface area contributed by atoms with Crippen LogP contribution in [-0.4, -0.2) is 25.5 Å². The van der Waals surface area contributed by atoms with Gasteiger partial charge in [0.05, 0.1) is 0 Å². The molecular weight excluding hydrogens is 336 g/mol. The lowest BCUT2D eigenvalue weighted by Gasteiger charge is -2.12. The Labute approximate surface area is 153 Å². The molecule has 0 heterocycles. The van der Waals surface area contributed by atoms with Crippen LogP contribution in [0.3, 0.4) is 0 Å². The average Bonchev–Trinajstić information content (AvgIpc) is 2.59. The highest BCUT2D eigenvalue weighted by molar-refractivity contribution is 6.30. The number of nitrogens with zero attached hydrogens (tertiary/aromatic N) is 1. The Balaban J connectivity index is 1.76. The van der Waals surface area contributed by atoms with Crippen molar-refractivity contribution in [2.75, 3.05) is 18.9 Å².